The van der Waals surface area contributed by atoms with Gasteiger partial charge in [0.1, 0.15) is 0 Å². The van der Waals surface area contributed by atoms with E-state index in [0.717, 1.165) is 0 Å². The number of benzene rings is 1. The van der Waals surface area contributed by atoms with Crippen molar-refractivity contribution in [2.75, 3.05) is 0 Å². The zero-order valence-corrected chi connectivity index (χ0v) is 12.6. The standard InChI is InChI=1S/C15H24.C4H6/c1-2-3-4-5-6-7-9-12-15-13-10-8-11-14-15;1-3-4-2/h8,10-11,13-14H,2-7,9,12H2,1H3;3-4H,1-2H2. The van der Waals surface area contributed by atoms with Crippen molar-refractivity contribution in [2.45, 2.75) is 58.3 Å². The summed E-state index contributed by atoms with van der Waals surface area (Å²) in [5, 5.41) is 0. The summed E-state index contributed by atoms with van der Waals surface area (Å²) in [5.74, 6) is 0. The average molecular weight is 258 g/mol. The van der Waals surface area contributed by atoms with E-state index in [0.29, 0.717) is 0 Å². The van der Waals surface area contributed by atoms with Gasteiger partial charge in [-0.05, 0) is 18.4 Å². The maximum absolute atomic E-state index is 3.36. The SMILES string of the molecule is C=CC=C.CCCCCCCCCc1ccccc1. The van der Waals surface area contributed by atoms with Crippen LogP contribution in [-0.4, -0.2) is 0 Å². The molecule has 106 valence electrons. The van der Waals surface area contributed by atoms with Crippen molar-refractivity contribution in [3.8, 4) is 0 Å². The van der Waals surface area contributed by atoms with Gasteiger partial charge in [-0.2, -0.15) is 0 Å². The molecule has 0 saturated heterocycles. The van der Waals surface area contributed by atoms with E-state index >= 15 is 0 Å². The van der Waals surface area contributed by atoms with Crippen LogP contribution in [0.25, 0.3) is 0 Å². The van der Waals surface area contributed by atoms with E-state index < -0.39 is 0 Å². The largest absolute Gasteiger partial charge is 0.0991 e. The predicted octanol–water partition coefficient (Wildman–Crippen LogP) is 6.34. The Hall–Kier alpha value is -1.30. The Morgan fingerprint density at radius 1 is 0.789 bits per heavy atom. The van der Waals surface area contributed by atoms with Gasteiger partial charge in [0.05, 0.1) is 0 Å². The van der Waals surface area contributed by atoms with Crippen LogP contribution in [0.3, 0.4) is 0 Å². The second-order valence-corrected chi connectivity index (χ2v) is 4.83. The predicted molar refractivity (Wildman–Crippen MR) is 88.5 cm³/mol. The first-order chi connectivity index (χ1) is 9.35. The van der Waals surface area contributed by atoms with E-state index in [1.165, 1.54) is 56.9 Å². The molecule has 1 rings (SSSR count). The Kier molecular flexibility index (Phi) is 13.7. The molecule has 0 unspecified atom stereocenters. The monoisotopic (exact) mass is 258 g/mol. The second-order valence-electron chi connectivity index (χ2n) is 4.83. The fraction of sp³-hybridized carbons (Fsp3) is 0.474. The summed E-state index contributed by atoms with van der Waals surface area (Å²) in [6.07, 6.45) is 14.4. The molecule has 19 heavy (non-hydrogen) atoms. The van der Waals surface area contributed by atoms with Gasteiger partial charge in [0.25, 0.3) is 0 Å². The van der Waals surface area contributed by atoms with Gasteiger partial charge in [-0.15, -0.1) is 0 Å². The highest BCUT2D eigenvalue weighted by Gasteiger charge is 1.92. The quantitative estimate of drug-likeness (QED) is 0.358. The maximum atomic E-state index is 3.36. The Bertz CT molecular complexity index is 291. The molecule has 0 aliphatic carbocycles. The lowest BCUT2D eigenvalue weighted by Gasteiger charge is -2.01. The Balaban J connectivity index is 0.000000711. The summed E-state index contributed by atoms with van der Waals surface area (Å²) in [5.41, 5.74) is 1.49. The van der Waals surface area contributed by atoms with Crippen molar-refractivity contribution in [3.05, 3.63) is 61.2 Å². The van der Waals surface area contributed by atoms with E-state index in [-0.39, 0.29) is 0 Å². The van der Waals surface area contributed by atoms with Gasteiger partial charge in [-0.25, -0.2) is 0 Å². The average Bonchev–Trinajstić information content (AvgIpc) is 2.48. The summed E-state index contributed by atoms with van der Waals surface area (Å²) in [6, 6.07) is 10.8. The summed E-state index contributed by atoms with van der Waals surface area (Å²) in [6.45, 7) is 9.00. The van der Waals surface area contributed by atoms with E-state index in [4.69, 9.17) is 0 Å². The van der Waals surface area contributed by atoms with Crippen molar-refractivity contribution in [1.29, 1.82) is 0 Å². The van der Waals surface area contributed by atoms with Crippen LogP contribution in [0, 0.1) is 0 Å². The first kappa shape index (κ1) is 17.7. The van der Waals surface area contributed by atoms with Crippen LogP contribution in [-0.2, 0) is 6.42 Å². The Morgan fingerprint density at radius 3 is 1.84 bits per heavy atom. The summed E-state index contributed by atoms with van der Waals surface area (Å²) >= 11 is 0. The number of hydrogen-bond acceptors (Lipinski definition) is 0. The highest BCUT2D eigenvalue weighted by Crippen LogP contribution is 2.10. The highest BCUT2D eigenvalue weighted by atomic mass is 14.0. The van der Waals surface area contributed by atoms with Crippen LogP contribution in [0.4, 0.5) is 0 Å². The zero-order chi connectivity index (χ0) is 14.2. The summed E-state index contributed by atoms with van der Waals surface area (Å²) in [4.78, 5) is 0. The van der Waals surface area contributed by atoms with E-state index in [2.05, 4.69) is 50.4 Å². The molecule has 0 fully saturated rings. The lowest BCUT2D eigenvalue weighted by molar-refractivity contribution is 0.589. The molecule has 0 heteroatoms. The summed E-state index contributed by atoms with van der Waals surface area (Å²) < 4.78 is 0. The fourth-order valence-electron chi connectivity index (χ4n) is 1.93. The molecule has 0 aliphatic rings. The molecule has 0 amide bonds. The number of allylic oxidation sites excluding steroid dienone is 2. The molecule has 0 radical (unpaired) electrons. The molecule has 0 saturated carbocycles. The van der Waals surface area contributed by atoms with Crippen molar-refractivity contribution in [2.24, 2.45) is 0 Å². The molecule has 0 atom stereocenters. The van der Waals surface area contributed by atoms with Gasteiger partial charge < -0.3 is 0 Å². The van der Waals surface area contributed by atoms with Gasteiger partial charge in [0, 0.05) is 0 Å². The topological polar surface area (TPSA) is 0 Å². The molecule has 1 aromatic rings. The number of unbranched alkanes of at least 4 members (excludes halogenated alkanes) is 6. The molecular formula is C19H30. The minimum Gasteiger partial charge on any atom is -0.0991 e. The zero-order valence-electron chi connectivity index (χ0n) is 12.6. The van der Waals surface area contributed by atoms with Crippen LogP contribution in [0.15, 0.2) is 55.6 Å². The number of rotatable bonds is 9. The molecule has 0 heterocycles. The molecule has 0 bridgehead atoms. The fourth-order valence-corrected chi connectivity index (χ4v) is 1.93. The Morgan fingerprint density at radius 2 is 1.32 bits per heavy atom. The molecule has 1 aromatic carbocycles. The van der Waals surface area contributed by atoms with Crippen LogP contribution in [0.2, 0.25) is 0 Å². The summed E-state index contributed by atoms with van der Waals surface area (Å²) in [7, 11) is 0. The van der Waals surface area contributed by atoms with Crippen molar-refractivity contribution < 1.29 is 0 Å². The van der Waals surface area contributed by atoms with Crippen molar-refractivity contribution in [1.82, 2.24) is 0 Å². The minimum atomic E-state index is 1.26. The van der Waals surface area contributed by atoms with Crippen LogP contribution in [0.1, 0.15) is 57.4 Å². The minimum absolute atomic E-state index is 1.26. The van der Waals surface area contributed by atoms with Crippen molar-refractivity contribution >= 4 is 0 Å². The van der Waals surface area contributed by atoms with Crippen LogP contribution >= 0.6 is 0 Å². The van der Waals surface area contributed by atoms with Crippen LogP contribution < -0.4 is 0 Å². The lowest BCUT2D eigenvalue weighted by Crippen LogP contribution is -1.85. The highest BCUT2D eigenvalue weighted by molar-refractivity contribution is 5.14. The van der Waals surface area contributed by atoms with Crippen molar-refractivity contribution in [3.63, 3.8) is 0 Å². The first-order valence-corrected chi connectivity index (χ1v) is 7.62. The van der Waals surface area contributed by atoms with E-state index in [1.807, 2.05) is 0 Å². The normalized spacial score (nSPS) is 9.32. The molecular weight excluding hydrogens is 228 g/mol. The Labute approximate surface area is 120 Å². The molecule has 0 N–H and O–H groups in total. The molecule has 0 aliphatic heterocycles. The lowest BCUT2D eigenvalue weighted by atomic mass is 10.0. The van der Waals surface area contributed by atoms with E-state index in [1.54, 1.807) is 12.2 Å². The molecule has 0 aromatic heterocycles. The van der Waals surface area contributed by atoms with E-state index in [9.17, 15) is 0 Å². The third-order valence-electron chi connectivity index (χ3n) is 3.08. The molecule has 0 nitrogen and oxygen atoms in total. The third-order valence-corrected chi connectivity index (χ3v) is 3.08. The third kappa shape index (κ3) is 12.9. The van der Waals surface area contributed by atoms with Gasteiger partial charge in [0.2, 0.25) is 0 Å². The van der Waals surface area contributed by atoms with Gasteiger partial charge in [-0.1, -0.05) is 101 Å². The number of aryl methyl sites for hydroxylation is 1. The first-order valence-electron chi connectivity index (χ1n) is 7.62. The second kappa shape index (κ2) is 14.8. The van der Waals surface area contributed by atoms with Crippen LogP contribution in [0.5, 0.6) is 0 Å². The molecule has 0 spiro atoms. The van der Waals surface area contributed by atoms with Gasteiger partial charge in [0.15, 0.2) is 0 Å². The smallest absolute Gasteiger partial charge is 0.0279 e. The van der Waals surface area contributed by atoms with Gasteiger partial charge >= 0.3 is 0 Å². The number of hydrogen-bond donors (Lipinski definition) is 0. The maximum Gasteiger partial charge on any atom is -0.0279 e. The van der Waals surface area contributed by atoms with Gasteiger partial charge in [-0.3, -0.25) is 0 Å².